The van der Waals surface area contributed by atoms with Crippen LogP contribution in [-0.2, 0) is 0 Å². The molecule has 1 aromatic heterocycles. The van der Waals surface area contributed by atoms with Gasteiger partial charge in [0.05, 0.1) is 16.7 Å². The molecule has 2 N–H and O–H groups in total. The average Bonchev–Trinajstić information content (AvgIpc) is 2.85. The third kappa shape index (κ3) is 3.16. The van der Waals surface area contributed by atoms with Crippen molar-refractivity contribution in [3.05, 3.63) is 51.7 Å². The van der Waals surface area contributed by atoms with Crippen molar-refractivity contribution >= 4 is 17.3 Å². The number of benzene rings is 1. The zero-order chi connectivity index (χ0) is 15.6. The fourth-order valence-electron chi connectivity index (χ4n) is 1.81. The van der Waals surface area contributed by atoms with E-state index in [1.807, 2.05) is 0 Å². The molecule has 0 aliphatic rings. The highest BCUT2D eigenvalue weighted by molar-refractivity contribution is 5.90. The summed E-state index contributed by atoms with van der Waals surface area (Å²) in [5, 5.41) is 22.8. The Morgan fingerprint density at radius 2 is 2.24 bits per heavy atom. The van der Waals surface area contributed by atoms with Gasteiger partial charge in [-0.25, -0.2) is 9.78 Å². The van der Waals surface area contributed by atoms with E-state index in [2.05, 4.69) is 10.3 Å². The van der Waals surface area contributed by atoms with E-state index in [4.69, 9.17) is 9.52 Å². The van der Waals surface area contributed by atoms with Gasteiger partial charge in [-0.05, 0) is 26.0 Å². The van der Waals surface area contributed by atoms with E-state index in [1.54, 1.807) is 13.8 Å². The summed E-state index contributed by atoms with van der Waals surface area (Å²) in [6, 6.07) is 3.11. The van der Waals surface area contributed by atoms with E-state index in [-0.39, 0.29) is 16.9 Å². The molecular formula is C13H13N3O5. The minimum Gasteiger partial charge on any atom is -0.478 e. The fourth-order valence-corrected chi connectivity index (χ4v) is 1.81. The molecule has 0 amide bonds. The number of nitrogens with one attached hydrogen (secondary N) is 1. The second kappa shape index (κ2) is 5.61. The smallest absolute Gasteiger partial charge is 0.335 e. The van der Waals surface area contributed by atoms with E-state index < -0.39 is 16.9 Å². The molecule has 0 saturated heterocycles. The van der Waals surface area contributed by atoms with Crippen LogP contribution >= 0.6 is 0 Å². The molecule has 0 bridgehead atoms. The number of aromatic nitrogens is 1. The van der Waals surface area contributed by atoms with Crippen LogP contribution in [0.15, 0.2) is 28.8 Å². The van der Waals surface area contributed by atoms with Crippen LogP contribution < -0.4 is 5.32 Å². The maximum Gasteiger partial charge on any atom is 0.335 e. The minimum atomic E-state index is -1.16. The Hall–Kier alpha value is -2.90. The zero-order valence-electron chi connectivity index (χ0n) is 11.4. The molecule has 2 rings (SSSR count). The molecule has 1 unspecified atom stereocenters. The van der Waals surface area contributed by atoms with Crippen molar-refractivity contribution in [2.75, 3.05) is 5.32 Å². The quantitative estimate of drug-likeness (QED) is 0.642. The number of carbonyl (C=O) groups is 1. The standard InChI is InChI=1S/C13H13N3O5/c1-7-6-14-12(21-7)8(2)15-10-5-9(13(17)18)3-4-11(10)16(19)20/h3-6,8,15H,1-2H3,(H,17,18). The van der Waals surface area contributed by atoms with Crippen molar-refractivity contribution in [1.82, 2.24) is 4.98 Å². The first-order valence-electron chi connectivity index (χ1n) is 6.09. The molecule has 0 fully saturated rings. The van der Waals surface area contributed by atoms with Crippen molar-refractivity contribution in [2.45, 2.75) is 19.9 Å². The Morgan fingerprint density at radius 1 is 1.52 bits per heavy atom. The lowest BCUT2D eigenvalue weighted by Crippen LogP contribution is -2.10. The molecule has 8 nitrogen and oxygen atoms in total. The number of aryl methyl sites for hydroxylation is 1. The number of nitro benzene ring substituents is 1. The van der Waals surface area contributed by atoms with E-state index >= 15 is 0 Å². The highest BCUT2D eigenvalue weighted by atomic mass is 16.6. The molecule has 0 aliphatic heterocycles. The van der Waals surface area contributed by atoms with Crippen LogP contribution in [0.1, 0.15) is 35.0 Å². The van der Waals surface area contributed by atoms with Crippen LogP contribution in [0.25, 0.3) is 0 Å². The number of hydrogen-bond donors (Lipinski definition) is 2. The van der Waals surface area contributed by atoms with Crippen LogP contribution in [0.5, 0.6) is 0 Å². The average molecular weight is 291 g/mol. The van der Waals surface area contributed by atoms with Gasteiger partial charge in [0.15, 0.2) is 0 Å². The van der Waals surface area contributed by atoms with E-state index in [1.165, 1.54) is 18.3 Å². The maximum absolute atomic E-state index is 11.0. The summed E-state index contributed by atoms with van der Waals surface area (Å²) < 4.78 is 5.34. The normalized spacial score (nSPS) is 11.9. The minimum absolute atomic E-state index is 0.0427. The predicted octanol–water partition coefficient (Wildman–Crippen LogP) is 2.76. The number of nitro groups is 1. The summed E-state index contributed by atoms with van der Waals surface area (Å²) in [5.41, 5.74) is -0.155. The molecule has 0 radical (unpaired) electrons. The molecule has 21 heavy (non-hydrogen) atoms. The third-order valence-electron chi connectivity index (χ3n) is 2.82. The first-order valence-corrected chi connectivity index (χ1v) is 6.09. The lowest BCUT2D eigenvalue weighted by atomic mass is 10.1. The molecule has 0 saturated carbocycles. The van der Waals surface area contributed by atoms with Gasteiger partial charge in [0.25, 0.3) is 5.69 Å². The van der Waals surface area contributed by atoms with Crippen molar-refractivity contribution in [1.29, 1.82) is 0 Å². The molecule has 0 aliphatic carbocycles. The highest BCUT2D eigenvalue weighted by Crippen LogP contribution is 2.29. The van der Waals surface area contributed by atoms with Gasteiger partial charge in [-0.1, -0.05) is 0 Å². The summed E-state index contributed by atoms with van der Waals surface area (Å²) in [4.78, 5) is 25.4. The largest absolute Gasteiger partial charge is 0.478 e. The molecule has 110 valence electrons. The van der Waals surface area contributed by atoms with Gasteiger partial charge in [-0.3, -0.25) is 10.1 Å². The topological polar surface area (TPSA) is 119 Å². The van der Waals surface area contributed by atoms with E-state index in [9.17, 15) is 14.9 Å². The number of rotatable bonds is 5. The molecule has 1 aromatic carbocycles. The van der Waals surface area contributed by atoms with Crippen LogP contribution in [0, 0.1) is 17.0 Å². The molecule has 1 atom stereocenters. The van der Waals surface area contributed by atoms with Crippen LogP contribution in [-0.4, -0.2) is 21.0 Å². The summed E-state index contributed by atoms with van der Waals surface area (Å²) in [5.74, 6) is -0.178. The van der Waals surface area contributed by atoms with Gasteiger partial charge in [0.1, 0.15) is 17.5 Å². The van der Waals surface area contributed by atoms with Gasteiger partial charge in [0, 0.05) is 6.07 Å². The van der Waals surface area contributed by atoms with Gasteiger partial charge in [0.2, 0.25) is 5.89 Å². The first kappa shape index (κ1) is 14.5. The summed E-state index contributed by atoms with van der Waals surface area (Å²) in [6.07, 6.45) is 1.54. The van der Waals surface area contributed by atoms with Crippen molar-refractivity contribution in [3.63, 3.8) is 0 Å². The third-order valence-corrected chi connectivity index (χ3v) is 2.82. The Labute approximate surface area is 119 Å². The molecule has 1 heterocycles. The lowest BCUT2D eigenvalue weighted by molar-refractivity contribution is -0.384. The van der Waals surface area contributed by atoms with Crippen molar-refractivity contribution in [3.8, 4) is 0 Å². The Morgan fingerprint density at radius 3 is 2.76 bits per heavy atom. The summed E-state index contributed by atoms with van der Waals surface area (Å²) in [7, 11) is 0. The number of oxazole rings is 1. The van der Waals surface area contributed by atoms with Gasteiger partial charge in [-0.15, -0.1) is 0 Å². The van der Waals surface area contributed by atoms with Crippen LogP contribution in [0.3, 0.4) is 0 Å². The molecule has 8 heteroatoms. The first-order chi connectivity index (χ1) is 9.88. The van der Waals surface area contributed by atoms with Crippen LogP contribution in [0.2, 0.25) is 0 Å². The number of hydrogen-bond acceptors (Lipinski definition) is 6. The summed E-state index contributed by atoms with van der Waals surface area (Å²) in [6.45, 7) is 3.44. The second-order valence-electron chi connectivity index (χ2n) is 4.47. The molecule has 2 aromatic rings. The Kier molecular flexibility index (Phi) is 3.88. The maximum atomic E-state index is 11.0. The number of carboxylic acid groups (broad SMARTS) is 1. The monoisotopic (exact) mass is 291 g/mol. The number of aromatic carboxylic acids is 1. The summed E-state index contributed by atoms with van der Waals surface area (Å²) >= 11 is 0. The van der Waals surface area contributed by atoms with Gasteiger partial charge >= 0.3 is 5.97 Å². The van der Waals surface area contributed by atoms with Crippen LogP contribution in [0.4, 0.5) is 11.4 Å². The number of anilines is 1. The van der Waals surface area contributed by atoms with E-state index in [0.29, 0.717) is 11.7 Å². The second-order valence-corrected chi connectivity index (χ2v) is 4.47. The SMILES string of the molecule is Cc1cnc(C(C)Nc2cc(C(=O)O)ccc2[N+](=O)[O-])o1. The van der Waals surface area contributed by atoms with E-state index in [0.717, 1.165) is 6.07 Å². The number of nitrogens with zero attached hydrogens (tertiary/aromatic N) is 2. The number of carboxylic acids is 1. The van der Waals surface area contributed by atoms with Gasteiger partial charge < -0.3 is 14.8 Å². The van der Waals surface area contributed by atoms with Gasteiger partial charge in [-0.2, -0.15) is 0 Å². The fraction of sp³-hybridized carbons (Fsp3) is 0.231. The van der Waals surface area contributed by atoms with Crippen molar-refractivity contribution < 1.29 is 19.2 Å². The molecular weight excluding hydrogens is 278 g/mol. The lowest BCUT2D eigenvalue weighted by Gasteiger charge is -2.12. The predicted molar refractivity (Wildman–Crippen MR) is 73.3 cm³/mol. The Balaban J connectivity index is 2.34. The van der Waals surface area contributed by atoms with Crippen molar-refractivity contribution in [2.24, 2.45) is 0 Å². The molecule has 0 spiro atoms. The zero-order valence-corrected chi connectivity index (χ0v) is 11.4. The Bertz CT molecular complexity index is 695. The highest BCUT2D eigenvalue weighted by Gasteiger charge is 2.20.